The first-order valence-electron chi connectivity index (χ1n) is 8.60. The molecule has 0 saturated carbocycles. The molecular weight excluding hydrogens is 342 g/mol. The highest BCUT2D eigenvalue weighted by Crippen LogP contribution is 2.18. The summed E-state index contributed by atoms with van der Waals surface area (Å²) in [5.74, 6) is -0.167. The zero-order valence-electron chi connectivity index (χ0n) is 15.1. The summed E-state index contributed by atoms with van der Waals surface area (Å²) in [4.78, 5) is 26.9. The summed E-state index contributed by atoms with van der Waals surface area (Å²) < 4.78 is 2.02. The van der Waals surface area contributed by atoms with Crippen molar-refractivity contribution in [2.24, 2.45) is 0 Å². The van der Waals surface area contributed by atoms with Crippen molar-refractivity contribution in [1.82, 2.24) is 34.6 Å². The van der Waals surface area contributed by atoms with Crippen molar-refractivity contribution in [2.75, 3.05) is 7.05 Å². The normalized spacial score (nSPS) is 12.2. The maximum absolute atomic E-state index is 12.8. The monoisotopic (exact) mass is 361 g/mol. The Labute approximate surface area is 155 Å². The van der Waals surface area contributed by atoms with Gasteiger partial charge in [-0.2, -0.15) is 5.10 Å². The van der Waals surface area contributed by atoms with E-state index in [9.17, 15) is 4.79 Å². The smallest absolute Gasteiger partial charge is 0.274 e. The summed E-state index contributed by atoms with van der Waals surface area (Å²) in [6.07, 6.45) is 4.93. The third kappa shape index (κ3) is 3.29. The van der Waals surface area contributed by atoms with Crippen LogP contribution >= 0.6 is 0 Å². The molecule has 4 aromatic rings. The van der Waals surface area contributed by atoms with Gasteiger partial charge in [-0.25, -0.2) is 15.0 Å². The molecule has 4 rings (SSSR count). The number of fused-ring (bicyclic) bond motifs is 1. The highest BCUT2D eigenvalue weighted by atomic mass is 16.2. The fourth-order valence-electron chi connectivity index (χ4n) is 2.98. The predicted molar refractivity (Wildman–Crippen MR) is 100.0 cm³/mol. The first-order valence-corrected chi connectivity index (χ1v) is 8.60. The number of nitrogens with one attached hydrogen (secondary N) is 1. The largest absolute Gasteiger partial charge is 0.332 e. The molecule has 0 unspecified atom stereocenters. The number of carbonyl (C=O) groups is 1. The van der Waals surface area contributed by atoms with Gasteiger partial charge in [0.15, 0.2) is 0 Å². The van der Waals surface area contributed by atoms with Crippen molar-refractivity contribution in [3.63, 3.8) is 0 Å². The molecular formula is C19H19N7O. The summed E-state index contributed by atoms with van der Waals surface area (Å²) in [7, 11) is 1.74. The van der Waals surface area contributed by atoms with E-state index in [-0.39, 0.29) is 11.9 Å². The third-order valence-corrected chi connectivity index (χ3v) is 4.65. The lowest BCUT2D eigenvalue weighted by atomic mass is 10.2. The highest BCUT2D eigenvalue weighted by Gasteiger charge is 2.22. The van der Waals surface area contributed by atoms with Gasteiger partial charge in [0.25, 0.3) is 5.91 Å². The molecule has 136 valence electrons. The van der Waals surface area contributed by atoms with Crippen LogP contribution in [0.25, 0.3) is 11.0 Å². The first kappa shape index (κ1) is 16.9. The maximum atomic E-state index is 12.8. The first-order chi connectivity index (χ1) is 13.1. The van der Waals surface area contributed by atoms with Crippen LogP contribution in [0.5, 0.6) is 0 Å². The summed E-state index contributed by atoms with van der Waals surface area (Å²) in [6.45, 7) is 2.48. The molecule has 27 heavy (non-hydrogen) atoms. The van der Waals surface area contributed by atoms with Gasteiger partial charge in [-0.3, -0.25) is 9.89 Å². The van der Waals surface area contributed by atoms with Crippen molar-refractivity contribution >= 4 is 16.9 Å². The lowest BCUT2D eigenvalue weighted by Crippen LogP contribution is -2.30. The van der Waals surface area contributed by atoms with Crippen molar-refractivity contribution in [3.8, 4) is 0 Å². The van der Waals surface area contributed by atoms with Crippen LogP contribution in [0.1, 0.15) is 34.8 Å². The molecule has 1 aromatic carbocycles. The van der Waals surface area contributed by atoms with E-state index >= 15 is 0 Å². The number of hydrogen-bond donors (Lipinski definition) is 1. The van der Waals surface area contributed by atoms with Gasteiger partial charge in [0.1, 0.15) is 12.0 Å². The molecule has 0 fully saturated rings. The molecule has 0 radical (unpaired) electrons. The summed E-state index contributed by atoms with van der Waals surface area (Å²) in [6, 6.07) is 11.3. The standard InChI is InChI=1S/C19H19N7O/c1-13(15-7-8-20-11-21-15)25(2)19(27)17-9-14(23-24-17)10-26-12-22-16-5-3-4-6-18(16)26/h3-9,11-13H,10H2,1-2H3,(H,23,24)/t13-/m0/s1. The van der Waals surface area contributed by atoms with E-state index in [0.717, 1.165) is 22.4 Å². The van der Waals surface area contributed by atoms with Gasteiger partial charge in [-0.05, 0) is 31.2 Å². The predicted octanol–water partition coefficient (Wildman–Crippen LogP) is 2.43. The number of aromatic nitrogens is 6. The Morgan fingerprint density at radius 2 is 2.11 bits per heavy atom. The maximum Gasteiger partial charge on any atom is 0.274 e. The highest BCUT2D eigenvalue weighted by molar-refractivity contribution is 5.92. The van der Waals surface area contributed by atoms with E-state index < -0.39 is 0 Å². The Hall–Kier alpha value is -3.55. The third-order valence-electron chi connectivity index (χ3n) is 4.65. The number of rotatable bonds is 5. The fourth-order valence-corrected chi connectivity index (χ4v) is 2.98. The number of benzene rings is 1. The molecule has 0 spiro atoms. The van der Waals surface area contributed by atoms with E-state index in [0.29, 0.717) is 12.2 Å². The van der Waals surface area contributed by atoms with Crippen molar-refractivity contribution in [3.05, 3.63) is 72.3 Å². The van der Waals surface area contributed by atoms with Crippen LogP contribution in [-0.4, -0.2) is 47.6 Å². The molecule has 8 nitrogen and oxygen atoms in total. The van der Waals surface area contributed by atoms with E-state index in [1.54, 1.807) is 36.6 Å². The van der Waals surface area contributed by atoms with Crippen molar-refractivity contribution in [1.29, 1.82) is 0 Å². The van der Waals surface area contributed by atoms with Gasteiger partial charge >= 0.3 is 0 Å². The average molecular weight is 361 g/mol. The van der Waals surface area contributed by atoms with E-state index in [4.69, 9.17) is 0 Å². The van der Waals surface area contributed by atoms with Crippen LogP contribution in [0.3, 0.4) is 0 Å². The lowest BCUT2D eigenvalue weighted by molar-refractivity contribution is 0.0733. The van der Waals surface area contributed by atoms with Crippen LogP contribution in [-0.2, 0) is 6.54 Å². The Kier molecular flexibility index (Phi) is 4.37. The Morgan fingerprint density at radius 1 is 1.26 bits per heavy atom. The molecule has 8 heteroatoms. The molecule has 1 atom stereocenters. The SMILES string of the molecule is C[C@@H](c1ccncn1)N(C)C(=O)c1cc(Cn2cnc3ccccc32)[nH]n1. The second kappa shape index (κ2) is 6.99. The quantitative estimate of drug-likeness (QED) is 0.589. The topological polar surface area (TPSA) is 92.6 Å². The van der Waals surface area contributed by atoms with E-state index in [1.807, 2.05) is 35.8 Å². The Balaban J connectivity index is 1.51. The minimum Gasteiger partial charge on any atom is -0.332 e. The molecule has 0 bridgehead atoms. The number of H-pyrrole nitrogens is 1. The van der Waals surface area contributed by atoms with Crippen molar-refractivity contribution < 1.29 is 4.79 Å². The van der Waals surface area contributed by atoms with Gasteiger partial charge in [-0.1, -0.05) is 12.1 Å². The number of amides is 1. The van der Waals surface area contributed by atoms with Crippen LogP contribution in [0.15, 0.2) is 55.2 Å². The zero-order chi connectivity index (χ0) is 18.8. The van der Waals surface area contributed by atoms with Gasteiger partial charge < -0.3 is 9.47 Å². The molecule has 3 aromatic heterocycles. The van der Waals surface area contributed by atoms with E-state index in [1.165, 1.54) is 6.33 Å². The number of aromatic amines is 1. The number of hydrogen-bond acceptors (Lipinski definition) is 5. The lowest BCUT2D eigenvalue weighted by Gasteiger charge is -2.23. The molecule has 0 aliphatic carbocycles. The van der Waals surface area contributed by atoms with Crippen LogP contribution < -0.4 is 0 Å². The van der Waals surface area contributed by atoms with Gasteiger partial charge in [-0.15, -0.1) is 0 Å². The minimum atomic E-state index is -0.182. The molecule has 3 heterocycles. The molecule has 0 aliphatic heterocycles. The van der Waals surface area contributed by atoms with Gasteiger partial charge in [0, 0.05) is 13.2 Å². The van der Waals surface area contributed by atoms with Gasteiger partial charge in [0.05, 0.1) is 41.3 Å². The molecule has 0 aliphatic rings. The minimum absolute atomic E-state index is 0.167. The summed E-state index contributed by atoms with van der Waals surface area (Å²) in [5.41, 5.74) is 3.96. The number of nitrogens with zero attached hydrogens (tertiary/aromatic N) is 6. The van der Waals surface area contributed by atoms with Crippen LogP contribution in [0, 0.1) is 0 Å². The number of imidazole rings is 1. The second-order valence-electron chi connectivity index (χ2n) is 6.37. The van der Waals surface area contributed by atoms with Crippen LogP contribution in [0.4, 0.5) is 0 Å². The number of carbonyl (C=O) groups excluding carboxylic acids is 1. The molecule has 0 saturated heterocycles. The van der Waals surface area contributed by atoms with Crippen LogP contribution in [0.2, 0.25) is 0 Å². The molecule has 1 amide bonds. The Bertz CT molecular complexity index is 1070. The Morgan fingerprint density at radius 3 is 2.93 bits per heavy atom. The van der Waals surface area contributed by atoms with E-state index in [2.05, 4.69) is 25.1 Å². The number of para-hydroxylation sites is 2. The zero-order valence-corrected chi connectivity index (χ0v) is 15.1. The average Bonchev–Trinajstić information content (AvgIpc) is 3.35. The summed E-state index contributed by atoms with van der Waals surface area (Å²) in [5, 5.41) is 7.14. The second-order valence-corrected chi connectivity index (χ2v) is 6.37. The van der Waals surface area contributed by atoms with Gasteiger partial charge in [0.2, 0.25) is 0 Å². The summed E-state index contributed by atoms with van der Waals surface area (Å²) >= 11 is 0. The van der Waals surface area contributed by atoms with Crippen molar-refractivity contribution in [2.45, 2.75) is 19.5 Å². The molecule has 1 N–H and O–H groups in total. The fraction of sp³-hybridized carbons (Fsp3) is 0.211.